The highest BCUT2D eigenvalue weighted by atomic mass is 35.5. The Balaban J connectivity index is 1.66. The van der Waals surface area contributed by atoms with Crippen molar-refractivity contribution in [2.24, 2.45) is 5.92 Å². The van der Waals surface area contributed by atoms with Crippen molar-refractivity contribution in [3.05, 3.63) is 35.2 Å². The van der Waals surface area contributed by atoms with Crippen LogP contribution in [0.3, 0.4) is 0 Å². The first-order chi connectivity index (χ1) is 9.74. The van der Waals surface area contributed by atoms with Gasteiger partial charge in [-0.05, 0) is 19.4 Å². The van der Waals surface area contributed by atoms with Crippen LogP contribution in [0.15, 0.2) is 23.0 Å². The largest absolute Gasteiger partial charge is 0.383 e. The molecule has 2 aromatic heterocycles. The molecular formula is C13H15ClN4O2. The minimum atomic E-state index is -0.149. The van der Waals surface area contributed by atoms with E-state index in [-0.39, 0.29) is 12.0 Å². The summed E-state index contributed by atoms with van der Waals surface area (Å²) in [5.41, 5.74) is 0.869. The summed E-state index contributed by atoms with van der Waals surface area (Å²) in [6.07, 6.45) is 4.12. The van der Waals surface area contributed by atoms with Crippen LogP contribution in [-0.4, -0.2) is 28.3 Å². The molecule has 0 aromatic carbocycles. The average molecular weight is 295 g/mol. The summed E-state index contributed by atoms with van der Waals surface area (Å²) in [4.78, 5) is 8.21. The highest BCUT2D eigenvalue weighted by Gasteiger charge is 2.33. The lowest BCUT2D eigenvalue weighted by Gasteiger charge is -2.16. The van der Waals surface area contributed by atoms with Gasteiger partial charge < -0.3 is 14.6 Å². The molecule has 3 rings (SSSR count). The van der Waals surface area contributed by atoms with Gasteiger partial charge in [-0.25, -0.2) is 0 Å². The summed E-state index contributed by atoms with van der Waals surface area (Å²) < 4.78 is 10.9. The first kappa shape index (κ1) is 13.3. The lowest BCUT2D eigenvalue weighted by atomic mass is 10.0. The Morgan fingerprint density at radius 2 is 2.40 bits per heavy atom. The summed E-state index contributed by atoms with van der Waals surface area (Å²) in [5, 5.41) is 7.74. The van der Waals surface area contributed by atoms with E-state index >= 15 is 0 Å². The van der Waals surface area contributed by atoms with Gasteiger partial charge in [0.2, 0.25) is 0 Å². The molecule has 0 unspecified atom stereocenters. The average Bonchev–Trinajstić information content (AvgIpc) is 3.06. The van der Waals surface area contributed by atoms with Gasteiger partial charge in [0.05, 0.1) is 10.7 Å². The fourth-order valence-corrected chi connectivity index (χ4v) is 2.49. The summed E-state index contributed by atoms with van der Waals surface area (Å²) in [6, 6.07) is 1.85. The molecule has 1 saturated heterocycles. The molecule has 0 amide bonds. The number of nitrogens with one attached hydrogen (secondary N) is 1. The minimum absolute atomic E-state index is 0.149. The second-order valence-electron chi connectivity index (χ2n) is 4.76. The molecule has 0 aliphatic carbocycles. The Bertz CT molecular complexity index is 589. The number of hydrogen-bond acceptors (Lipinski definition) is 6. The number of pyridine rings is 1. The molecule has 106 valence electrons. The molecule has 20 heavy (non-hydrogen) atoms. The zero-order chi connectivity index (χ0) is 13.9. The third-order valence-electron chi connectivity index (χ3n) is 3.33. The SMILES string of the molecule is Cc1noc([C@H]2OCC[C@H]2CNc2ccncc2Cl)n1. The van der Waals surface area contributed by atoms with Crippen LogP contribution >= 0.6 is 11.6 Å². The van der Waals surface area contributed by atoms with Crippen molar-refractivity contribution in [2.45, 2.75) is 19.4 Å². The van der Waals surface area contributed by atoms with Gasteiger partial charge in [-0.1, -0.05) is 16.8 Å². The van der Waals surface area contributed by atoms with Gasteiger partial charge >= 0.3 is 0 Å². The molecule has 1 aliphatic rings. The van der Waals surface area contributed by atoms with E-state index in [2.05, 4.69) is 20.4 Å². The lowest BCUT2D eigenvalue weighted by Crippen LogP contribution is -2.18. The molecule has 1 fully saturated rings. The van der Waals surface area contributed by atoms with Crippen molar-refractivity contribution in [2.75, 3.05) is 18.5 Å². The fourth-order valence-electron chi connectivity index (χ4n) is 2.30. The van der Waals surface area contributed by atoms with E-state index in [9.17, 15) is 0 Å². The van der Waals surface area contributed by atoms with Gasteiger partial charge in [-0.3, -0.25) is 4.98 Å². The number of rotatable bonds is 4. The van der Waals surface area contributed by atoms with Crippen molar-refractivity contribution in [3.8, 4) is 0 Å². The van der Waals surface area contributed by atoms with Crippen molar-refractivity contribution < 1.29 is 9.26 Å². The molecule has 7 heteroatoms. The summed E-state index contributed by atoms with van der Waals surface area (Å²) in [5.74, 6) is 1.45. The molecule has 6 nitrogen and oxygen atoms in total. The maximum absolute atomic E-state index is 6.07. The second kappa shape index (κ2) is 5.76. The number of aromatic nitrogens is 3. The predicted molar refractivity (Wildman–Crippen MR) is 73.6 cm³/mol. The van der Waals surface area contributed by atoms with Crippen molar-refractivity contribution in [1.29, 1.82) is 0 Å². The van der Waals surface area contributed by atoms with E-state index in [4.69, 9.17) is 20.9 Å². The maximum Gasteiger partial charge on any atom is 0.256 e. The first-order valence-corrected chi connectivity index (χ1v) is 6.87. The molecule has 3 heterocycles. The van der Waals surface area contributed by atoms with E-state index < -0.39 is 0 Å². The number of aryl methyl sites for hydroxylation is 1. The van der Waals surface area contributed by atoms with Gasteiger partial charge in [-0.15, -0.1) is 0 Å². The molecule has 1 aliphatic heterocycles. The second-order valence-corrected chi connectivity index (χ2v) is 5.16. The topological polar surface area (TPSA) is 73.1 Å². The van der Waals surface area contributed by atoms with E-state index in [0.717, 1.165) is 18.7 Å². The molecule has 1 N–H and O–H groups in total. The van der Waals surface area contributed by atoms with E-state index in [1.807, 2.05) is 6.07 Å². The Labute approximate surface area is 121 Å². The third-order valence-corrected chi connectivity index (χ3v) is 3.63. The van der Waals surface area contributed by atoms with Crippen LogP contribution in [-0.2, 0) is 4.74 Å². The smallest absolute Gasteiger partial charge is 0.256 e. The van der Waals surface area contributed by atoms with Crippen molar-refractivity contribution in [1.82, 2.24) is 15.1 Å². The van der Waals surface area contributed by atoms with Gasteiger partial charge in [-0.2, -0.15) is 4.98 Å². The number of anilines is 1. The zero-order valence-electron chi connectivity index (χ0n) is 11.0. The molecule has 2 atom stereocenters. The van der Waals surface area contributed by atoms with Gasteiger partial charge in [0.1, 0.15) is 6.10 Å². The van der Waals surface area contributed by atoms with Crippen molar-refractivity contribution >= 4 is 17.3 Å². The van der Waals surface area contributed by atoms with Crippen LogP contribution in [0.5, 0.6) is 0 Å². The highest BCUT2D eigenvalue weighted by Crippen LogP contribution is 2.34. The maximum atomic E-state index is 6.07. The lowest BCUT2D eigenvalue weighted by molar-refractivity contribution is 0.0650. The Morgan fingerprint density at radius 3 is 3.15 bits per heavy atom. The standard InChI is InChI=1S/C13H15ClN4O2/c1-8-17-13(20-18-8)12-9(3-5-19-12)6-16-11-2-4-15-7-10(11)14/h2,4,7,9,12H,3,5-6H2,1H3,(H,15,16)/t9-,12-/m0/s1. The molecular weight excluding hydrogens is 280 g/mol. The van der Waals surface area contributed by atoms with Gasteiger partial charge in [0.25, 0.3) is 5.89 Å². The van der Waals surface area contributed by atoms with E-state index in [1.165, 1.54) is 0 Å². The highest BCUT2D eigenvalue weighted by molar-refractivity contribution is 6.33. The van der Waals surface area contributed by atoms with Gasteiger partial charge in [0, 0.05) is 31.5 Å². The Kier molecular flexibility index (Phi) is 3.84. The summed E-state index contributed by atoms with van der Waals surface area (Å²) in [7, 11) is 0. The first-order valence-electron chi connectivity index (χ1n) is 6.49. The van der Waals surface area contributed by atoms with Crippen LogP contribution < -0.4 is 5.32 Å². The van der Waals surface area contributed by atoms with Crippen LogP contribution in [0.4, 0.5) is 5.69 Å². The minimum Gasteiger partial charge on any atom is -0.383 e. The number of hydrogen-bond donors (Lipinski definition) is 1. The molecule has 0 spiro atoms. The van der Waals surface area contributed by atoms with Crippen molar-refractivity contribution in [3.63, 3.8) is 0 Å². The normalized spacial score (nSPS) is 22.1. The molecule has 0 radical (unpaired) electrons. The van der Waals surface area contributed by atoms with Crippen LogP contribution in [0.1, 0.15) is 24.2 Å². The van der Waals surface area contributed by atoms with Crippen LogP contribution in [0.25, 0.3) is 0 Å². The number of ether oxygens (including phenoxy) is 1. The third kappa shape index (κ3) is 2.76. The number of nitrogens with zero attached hydrogens (tertiary/aromatic N) is 3. The Hall–Kier alpha value is -1.66. The van der Waals surface area contributed by atoms with Crippen LogP contribution in [0, 0.1) is 12.8 Å². The molecule has 0 bridgehead atoms. The monoisotopic (exact) mass is 294 g/mol. The van der Waals surface area contributed by atoms with Crippen LogP contribution in [0.2, 0.25) is 5.02 Å². The molecule has 0 saturated carbocycles. The Morgan fingerprint density at radius 1 is 1.50 bits per heavy atom. The van der Waals surface area contributed by atoms with Gasteiger partial charge in [0.15, 0.2) is 5.82 Å². The van der Waals surface area contributed by atoms with E-state index in [1.54, 1.807) is 19.3 Å². The summed E-state index contributed by atoms with van der Waals surface area (Å²) >= 11 is 6.07. The fraction of sp³-hybridized carbons (Fsp3) is 0.462. The van der Waals surface area contributed by atoms with E-state index in [0.29, 0.717) is 23.3 Å². The number of halogens is 1. The quantitative estimate of drug-likeness (QED) is 0.934. The summed E-state index contributed by atoms with van der Waals surface area (Å²) in [6.45, 7) is 3.23. The molecule has 2 aromatic rings. The zero-order valence-corrected chi connectivity index (χ0v) is 11.8. The predicted octanol–water partition coefficient (Wildman–Crippen LogP) is 2.62.